The molecule has 0 aromatic carbocycles. The molecule has 84 valence electrons. The van der Waals surface area contributed by atoms with E-state index in [0.717, 1.165) is 5.69 Å². The third-order valence-electron chi connectivity index (χ3n) is 2.25. The summed E-state index contributed by atoms with van der Waals surface area (Å²) in [6.45, 7) is 4.92. The minimum Gasteiger partial charge on any atom is -0.355 e. The van der Waals surface area contributed by atoms with Crippen molar-refractivity contribution < 1.29 is 4.79 Å². The molecule has 1 rings (SSSR count). The number of likely N-dealkylation sites (N-methyl/N-ethyl adjacent to an activating group) is 1. The lowest BCUT2D eigenvalue weighted by molar-refractivity contribution is -0.120. The summed E-state index contributed by atoms with van der Waals surface area (Å²) in [4.78, 5) is 11.2. The Labute approximate surface area is 89.9 Å². The zero-order valence-corrected chi connectivity index (χ0v) is 9.45. The maximum absolute atomic E-state index is 11.2. The second-order valence-electron chi connectivity index (χ2n) is 3.44. The van der Waals surface area contributed by atoms with Gasteiger partial charge in [-0.05, 0) is 19.9 Å². The van der Waals surface area contributed by atoms with E-state index in [2.05, 4.69) is 15.7 Å². The third kappa shape index (κ3) is 3.36. The number of hydrogen-bond donors (Lipinski definition) is 2. The molecule has 2 N–H and O–H groups in total. The van der Waals surface area contributed by atoms with Crippen LogP contribution in [0.4, 0.5) is 0 Å². The first kappa shape index (κ1) is 11.7. The number of amides is 1. The highest BCUT2D eigenvalue weighted by Crippen LogP contribution is 2.09. The first-order chi connectivity index (χ1) is 7.15. The van der Waals surface area contributed by atoms with Gasteiger partial charge in [-0.15, -0.1) is 0 Å². The number of aromatic nitrogens is 2. The normalized spacial score (nSPS) is 12.5. The number of nitrogens with zero attached hydrogens (tertiary/aromatic N) is 2. The second-order valence-corrected chi connectivity index (χ2v) is 3.44. The number of carbonyl (C=O) groups excluding carboxylic acids is 1. The number of carbonyl (C=O) groups is 1. The van der Waals surface area contributed by atoms with Crippen molar-refractivity contribution in [1.82, 2.24) is 20.4 Å². The van der Waals surface area contributed by atoms with E-state index in [9.17, 15) is 4.79 Å². The fourth-order valence-corrected chi connectivity index (χ4v) is 1.42. The van der Waals surface area contributed by atoms with Crippen LogP contribution in [0.5, 0.6) is 0 Å². The summed E-state index contributed by atoms with van der Waals surface area (Å²) >= 11 is 0. The largest absolute Gasteiger partial charge is 0.355 e. The van der Waals surface area contributed by atoms with Crippen LogP contribution in [0.15, 0.2) is 12.3 Å². The fourth-order valence-electron chi connectivity index (χ4n) is 1.42. The summed E-state index contributed by atoms with van der Waals surface area (Å²) in [5.74, 6) is 0.0199. The quantitative estimate of drug-likeness (QED) is 0.730. The van der Waals surface area contributed by atoms with Gasteiger partial charge in [-0.3, -0.25) is 9.48 Å². The number of rotatable bonds is 5. The van der Waals surface area contributed by atoms with Gasteiger partial charge in [0.25, 0.3) is 0 Å². The highest BCUT2D eigenvalue weighted by Gasteiger charge is 2.09. The van der Waals surface area contributed by atoms with E-state index in [0.29, 0.717) is 13.1 Å². The second kappa shape index (κ2) is 5.50. The van der Waals surface area contributed by atoms with Crippen molar-refractivity contribution in [2.75, 3.05) is 13.1 Å². The van der Waals surface area contributed by atoms with Gasteiger partial charge in [-0.1, -0.05) is 0 Å². The van der Waals surface area contributed by atoms with E-state index in [-0.39, 0.29) is 11.9 Å². The van der Waals surface area contributed by atoms with Crippen LogP contribution in [0.1, 0.15) is 25.6 Å². The average Bonchev–Trinajstić information content (AvgIpc) is 2.61. The van der Waals surface area contributed by atoms with Crippen molar-refractivity contribution in [3.8, 4) is 0 Å². The Hall–Kier alpha value is -1.36. The minimum atomic E-state index is 0.0199. The molecule has 5 heteroatoms. The molecular formula is C10H18N4O. The Morgan fingerprint density at radius 3 is 2.93 bits per heavy atom. The molecule has 1 heterocycles. The van der Waals surface area contributed by atoms with E-state index >= 15 is 0 Å². The predicted octanol–water partition coefficient (Wildman–Crippen LogP) is 0.207. The van der Waals surface area contributed by atoms with Crippen LogP contribution >= 0.6 is 0 Å². The summed E-state index contributed by atoms with van der Waals surface area (Å²) < 4.78 is 1.80. The monoisotopic (exact) mass is 210 g/mol. The number of hydrogen-bond acceptors (Lipinski definition) is 3. The van der Waals surface area contributed by atoms with Gasteiger partial charge in [0.05, 0.1) is 12.2 Å². The Bertz CT molecular complexity index is 321. The molecule has 0 saturated heterocycles. The van der Waals surface area contributed by atoms with Gasteiger partial charge >= 0.3 is 0 Å². The highest BCUT2D eigenvalue weighted by atomic mass is 16.1. The fraction of sp³-hybridized carbons (Fsp3) is 0.600. The van der Waals surface area contributed by atoms with Gasteiger partial charge < -0.3 is 10.6 Å². The van der Waals surface area contributed by atoms with Crippen molar-refractivity contribution >= 4 is 5.91 Å². The summed E-state index contributed by atoms with van der Waals surface area (Å²) in [6, 6.07) is 2.06. The lowest BCUT2D eigenvalue weighted by Gasteiger charge is -2.13. The van der Waals surface area contributed by atoms with Crippen LogP contribution in [0.3, 0.4) is 0 Å². The van der Waals surface area contributed by atoms with E-state index in [1.807, 2.05) is 27.0 Å². The van der Waals surface area contributed by atoms with Crippen LogP contribution < -0.4 is 10.6 Å². The molecule has 5 nitrogen and oxygen atoms in total. The lowest BCUT2D eigenvalue weighted by Crippen LogP contribution is -2.35. The first-order valence-electron chi connectivity index (χ1n) is 5.13. The molecule has 0 aliphatic rings. The van der Waals surface area contributed by atoms with Gasteiger partial charge in [0.15, 0.2) is 0 Å². The summed E-state index contributed by atoms with van der Waals surface area (Å²) in [6.07, 6.45) is 1.75. The Kier molecular flexibility index (Phi) is 4.30. The smallest absolute Gasteiger partial charge is 0.233 e. The molecule has 0 fully saturated rings. The Morgan fingerprint density at radius 1 is 1.67 bits per heavy atom. The van der Waals surface area contributed by atoms with Gasteiger partial charge in [0.1, 0.15) is 0 Å². The van der Waals surface area contributed by atoms with Crippen LogP contribution in [0.2, 0.25) is 0 Å². The van der Waals surface area contributed by atoms with Crippen molar-refractivity contribution in [2.45, 2.75) is 19.9 Å². The van der Waals surface area contributed by atoms with Gasteiger partial charge in [0, 0.05) is 25.8 Å². The van der Waals surface area contributed by atoms with E-state index < -0.39 is 0 Å². The minimum absolute atomic E-state index is 0.0199. The van der Waals surface area contributed by atoms with Crippen molar-refractivity contribution in [2.24, 2.45) is 7.05 Å². The van der Waals surface area contributed by atoms with Crippen LogP contribution in [0, 0.1) is 0 Å². The van der Waals surface area contributed by atoms with Crippen molar-refractivity contribution in [3.63, 3.8) is 0 Å². The zero-order valence-electron chi connectivity index (χ0n) is 9.45. The maximum atomic E-state index is 11.2. The van der Waals surface area contributed by atoms with Crippen LogP contribution in [-0.4, -0.2) is 28.8 Å². The standard InChI is InChI=1S/C10H18N4O/c1-4-11-10(15)7-12-8(2)9-5-6-13-14(9)3/h5-6,8,12H,4,7H2,1-3H3,(H,11,15). The number of aryl methyl sites for hydroxylation is 1. The van der Waals surface area contributed by atoms with Gasteiger partial charge in [-0.2, -0.15) is 5.10 Å². The predicted molar refractivity (Wildman–Crippen MR) is 58.3 cm³/mol. The van der Waals surface area contributed by atoms with E-state index in [1.165, 1.54) is 0 Å². The Morgan fingerprint density at radius 2 is 2.40 bits per heavy atom. The summed E-state index contributed by atoms with van der Waals surface area (Å²) in [5.41, 5.74) is 1.07. The molecular weight excluding hydrogens is 192 g/mol. The van der Waals surface area contributed by atoms with E-state index in [4.69, 9.17) is 0 Å². The molecule has 15 heavy (non-hydrogen) atoms. The maximum Gasteiger partial charge on any atom is 0.233 e. The van der Waals surface area contributed by atoms with Gasteiger partial charge in [-0.25, -0.2) is 0 Å². The highest BCUT2D eigenvalue weighted by molar-refractivity contribution is 5.77. The average molecular weight is 210 g/mol. The molecule has 0 aliphatic carbocycles. The number of nitrogens with one attached hydrogen (secondary N) is 2. The Balaban J connectivity index is 2.40. The summed E-state index contributed by atoms with van der Waals surface area (Å²) in [7, 11) is 1.89. The van der Waals surface area contributed by atoms with Crippen LogP contribution in [0.25, 0.3) is 0 Å². The SMILES string of the molecule is CCNC(=O)CNC(C)c1ccnn1C. The molecule has 1 atom stereocenters. The molecule has 0 aliphatic heterocycles. The summed E-state index contributed by atoms with van der Waals surface area (Å²) in [5, 5.41) is 9.95. The lowest BCUT2D eigenvalue weighted by atomic mass is 10.2. The molecule has 1 amide bonds. The molecule has 1 unspecified atom stereocenters. The topological polar surface area (TPSA) is 59.0 Å². The molecule has 0 bridgehead atoms. The molecule has 1 aromatic rings. The van der Waals surface area contributed by atoms with Crippen molar-refractivity contribution in [1.29, 1.82) is 0 Å². The van der Waals surface area contributed by atoms with Crippen molar-refractivity contribution in [3.05, 3.63) is 18.0 Å². The van der Waals surface area contributed by atoms with Crippen LogP contribution in [-0.2, 0) is 11.8 Å². The van der Waals surface area contributed by atoms with Gasteiger partial charge in [0.2, 0.25) is 5.91 Å². The first-order valence-corrected chi connectivity index (χ1v) is 5.13. The molecule has 0 spiro atoms. The third-order valence-corrected chi connectivity index (χ3v) is 2.25. The molecule has 0 saturated carbocycles. The molecule has 0 radical (unpaired) electrons. The zero-order chi connectivity index (χ0) is 11.3. The van der Waals surface area contributed by atoms with E-state index in [1.54, 1.807) is 10.9 Å². The molecule has 1 aromatic heterocycles.